The van der Waals surface area contributed by atoms with E-state index in [4.69, 9.17) is 5.84 Å². The van der Waals surface area contributed by atoms with Crippen LogP contribution in [-0.4, -0.2) is 4.98 Å². The van der Waals surface area contributed by atoms with Gasteiger partial charge in [-0.15, -0.1) is 11.3 Å². The normalized spacial score (nSPS) is 15.4. The molecule has 0 saturated carbocycles. The zero-order valence-electron chi connectivity index (χ0n) is 8.86. The highest BCUT2D eigenvalue weighted by atomic mass is 32.1. The molecule has 0 aromatic carbocycles. The molecule has 0 saturated heterocycles. The van der Waals surface area contributed by atoms with Crippen molar-refractivity contribution in [3.05, 3.63) is 16.6 Å². The van der Waals surface area contributed by atoms with Gasteiger partial charge in [-0.05, 0) is 12.3 Å². The molecule has 14 heavy (non-hydrogen) atoms. The van der Waals surface area contributed by atoms with Crippen LogP contribution in [0.25, 0.3) is 0 Å². The van der Waals surface area contributed by atoms with Crippen molar-refractivity contribution in [2.45, 2.75) is 39.2 Å². The Labute approximate surface area is 89.7 Å². The molecule has 0 spiro atoms. The number of rotatable bonds is 6. The second-order valence-corrected chi connectivity index (χ2v) is 4.48. The fourth-order valence-electron chi connectivity index (χ4n) is 1.68. The number of nitrogens with two attached hydrogens (primary N) is 1. The quantitative estimate of drug-likeness (QED) is 0.564. The van der Waals surface area contributed by atoms with Gasteiger partial charge in [0.25, 0.3) is 0 Å². The molecule has 0 aliphatic carbocycles. The summed E-state index contributed by atoms with van der Waals surface area (Å²) >= 11 is 1.62. The number of hydrazine groups is 1. The van der Waals surface area contributed by atoms with Crippen LogP contribution in [0.1, 0.15) is 44.8 Å². The number of thiazole rings is 1. The summed E-state index contributed by atoms with van der Waals surface area (Å²) in [5.41, 5.74) is 5.76. The van der Waals surface area contributed by atoms with Crippen LogP contribution in [0, 0.1) is 5.92 Å². The number of aromatic nitrogens is 1. The van der Waals surface area contributed by atoms with Gasteiger partial charge in [-0.3, -0.25) is 11.3 Å². The lowest BCUT2D eigenvalue weighted by atomic mass is 9.96. The van der Waals surface area contributed by atoms with E-state index < -0.39 is 0 Å². The van der Waals surface area contributed by atoms with Gasteiger partial charge in [0.1, 0.15) is 0 Å². The van der Waals surface area contributed by atoms with E-state index in [9.17, 15) is 0 Å². The molecule has 0 radical (unpaired) electrons. The van der Waals surface area contributed by atoms with E-state index in [-0.39, 0.29) is 6.04 Å². The minimum Gasteiger partial charge on any atom is -0.271 e. The summed E-state index contributed by atoms with van der Waals surface area (Å²) in [6, 6.07) is 0.211. The molecule has 1 aromatic rings. The van der Waals surface area contributed by atoms with Crippen molar-refractivity contribution in [2.75, 3.05) is 0 Å². The second kappa shape index (κ2) is 6.11. The molecule has 3 nitrogen and oxygen atoms in total. The van der Waals surface area contributed by atoms with Gasteiger partial charge in [-0.1, -0.05) is 26.7 Å². The molecule has 0 aliphatic rings. The van der Waals surface area contributed by atoms with Gasteiger partial charge >= 0.3 is 0 Å². The molecule has 0 amide bonds. The molecule has 0 bridgehead atoms. The zero-order valence-corrected chi connectivity index (χ0v) is 9.68. The third-order valence-corrected chi connectivity index (χ3v) is 3.03. The second-order valence-electron chi connectivity index (χ2n) is 3.76. The first-order chi connectivity index (χ1) is 6.77. The Morgan fingerprint density at radius 1 is 1.64 bits per heavy atom. The van der Waals surface area contributed by atoms with Crippen LogP contribution in [0.15, 0.2) is 10.9 Å². The number of hydrogen-bond donors (Lipinski definition) is 2. The average Bonchev–Trinajstić information content (AvgIpc) is 2.67. The molecule has 4 heteroatoms. The first kappa shape index (κ1) is 11.6. The first-order valence-corrected chi connectivity index (χ1v) is 6.06. The van der Waals surface area contributed by atoms with E-state index in [1.165, 1.54) is 12.8 Å². The predicted molar refractivity (Wildman–Crippen MR) is 60.9 cm³/mol. The summed E-state index contributed by atoms with van der Waals surface area (Å²) in [6.45, 7) is 4.48. The maximum absolute atomic E-state index is 5.52. The van der Waals surface area contributed by atoms with Gasteiger partial charge in [-0.2, -0.15) is 0 Å². The Morgan fingerprint density at radius 3 is 2.93 bits per heavy atom. The van der Waals surface area contributed by atoms with Gasteiger partial charge in [0.05, 0.1) is 17.2 Å². The van der Waals surface area contributed by atoms with Gasteiger partial charge in [0, 0.05) is 5.38 Å². The molecule has 1 rings (SSSR count). The summed E-state index contributed by atoms with van der Waals surface area (Å²) in [5.74, 6) is 6.22. The Hall–Kier alpha value is -0.450. The third kappa shape index (κ3) is 3.36. The van der Waals surface area contributed by atoms with Crippen molar-refractivity contribution in [2.24, 2.45) is 11.8 Å². The molecule has 3 N–H and O–H groups in total. The minimum atomic E-state index is 0.211. The van der Waals surface area contributed by atoms with Gasteiger partial charge in [0.2, 0.25) is 0 Å². The standard InChI is InChI=1S/C10H19N3S/c1-3-4-8(2)5-9(13-11)10-6-14-7-12-10/h6-9,13H,3-5,11H2,1-2H3. The van der Waals surface area contributed by atoms with E-state index >= 15 is 0 Å². The highest BCUT2D eigenvalue weighted by Crippen LogP contribution is 2.22. The topological polar surface area (TPSA) is 50.9 Å². The molecule has 2 atom stereocenters. The van der Waals surface area contributed by atoms with Crippen LogP contribution in [0.2, 0.25) is 0 Å². The molecule has 0 aliphatic heterocycles. The lowest BCUT2D eigenvalue weighted by Crippen LogP contribution is -2.29. The Balaban J connectivity index is 2.47. The lowest BCUT2D eigenvalue weighted by Gasteiger charge is -2.18. The van der Waals surface area contributed by atoms with Crippen molar-refractivity contribution < 1.29 is 0 Å². The molecular formula is C10H19N3S. The van der Waals surface area contributed by atoms with Gasteiger partial charge < -0.3 is 0 Å². The van der Waals surface area contributed by atoms with Crippen molar-refractivity contribution in [3.63, 3.8) is 0 Å². The molecule has 1 aromatic heterocycles. The summed E-state index contributed by atoms with van der Waals surface area (Å²) in [5, 5.41) is 2.06. The van der Waals surface area contributed by atoms with Crippen LogP contribution in [0.4, 0.5) is 0 Å². The van der Waals surface area contributed by atoms with Crippen molar-refractivity contribution in [1.82, 2.24) is 10.4 Å². The van der Waals surface area contributed by atoms with Gasteiger partial charge in [-0.25, -0.2) is 4.98 Å². The van der Waals surface area contributed by atoms with E-state index in [0.717, 1.165) is 12.1 Å². The zero-order chi connectivity index (χ0) is 10.4. The average molecular weight is 213 g/mol. The first-order valence-electron chi connectivity index (χ1n) is 5.12. The van der Waals surface area contributed by atoms with Crippen molar-refractivity contribution in [3.8, 4) is 0 Å². The fourth-order valence-corrected chi connectivity index (χ4v) is 2.29. The summed E-state index contributed by atoms with van der Waals surface area (Å²) in [6.07, 6.45) is 3.55. The summed E-state index contributed by atoms with van der Waals surface area (Å²) < 4.78 is 0. The Morgan fingerprint density at radius 2 is 2.43 bits per heavy atom. The minimum absolute atomic E-state index is 0.211. The number of hydrogen-bond acceptors (Lipinski definition) is 4. The van der Waals surface area contributed by atoms with Crippen LogP contribution >= 0.6 is 11.3 Å². The number of nitrogens with zero attached hydrogens (tertiary/aromatic N) is 1. The van der Waals surface area contributed by atoms with E-state index in [0.29, 0.717) is 5.92 Å². The van der Waals surface area contributed by atoms with Crippen LogP contribution in [0.5, 0.6) is 0 Å². The molecule has 0 fully saturated rings. The van der Waals surface area contributed by atoms with Gasteiger partial charge in [0.15, 0.2) is 0 Å². The van der Waals surface area contributed by atoms with Crippen LogP contribution in [-0.2, 0) is 0 Å². The Bertz CT molecular complexity index is 236. The SMILES string of the molecule is CCCC(C)CC(NN)c1cscn1. The Kier molecular flexibility index (Phi) is 5.07. The maximum atomic E-state index is 5.52. The third-order valence-electron chi connectivity index (χ3n) is 2.43. The maximum Gasteiger partial charge on any atom is 0.0795 e. The lowest BCUT2D eigenvalue weighted by molar-refractivity contribution is 0.390. The predicted octanol–water partition coefficient (Wildman–Crippen LogP) is 2.47. The van der Waals surface area contributed by atoms with Crippen molar-refractivity contribution in [1.29, 1.82) is 0 Å². The molecule has 2 unspecified atom stereocenters. The van der Waals surface area contributed by atoms with E-state index in [2.05, 4.69) is 29.6 Å². The molecule has 80 valence electrons. The smallest absolute Gasteiger partial charge is 0.0795 e. The highest BCUT2D eigenvalue weighted by Gasteiger charge is 2.14. The van der Waals surface area contributed by atoms with E-state index in [1.54, 1.807) is 11.3 Å². The summed E-state index contributed by atoms with van der Waals surface area (Å²) in [4.78, 5) is 4.28. The largest absolute Gasteiger partial charge is 0.271 e. The monoisotopic (exact) mass is 213 g/mol. The molecule has 1 heterocycles. The molecular weight excluding hydrogens is 194 g/mol. The number of nitrogens with one attached hydrogen (secondary N) is 1. The summed E-state index contributed by atoms with van der Waals surface area (Å²) in [7, 11) is 0. The fraction of sp³-hybridized carbons (Fsp3) is 0.700. The van der Waals surface area contributed by atoms with E-state index in [1.807, 2.05) is 5.51 Å². The van der Waals surface area contributed by atoms with Crippen LogP contribution < -0.4 is 11.3 Å². The van der Waals surface area contributed by atoms with Crippen molar-refractivity contribution >= 4 is 11.3 Å². The highest BCUT2D eigenvalue weighted by molar-refractivity contribution is 7.07. The van der Waals surface area contributed by atoms with Crippen LogP contribution in [0.3, 0.4) is 0 Å².